The third-order valence-corrected chi connectivity index (χ3v) is 3.44. The van der Waals surface area contributed by atoms with Crippen LogP contribution in [0, 0.1) is 10.5 Å². The summed E-state index contributed by atoms with van der Waals surface area (Å²) in [6.45, 7) is 2.34. The Balaban J connectivity index is 1.90. The number of benzene rings is 1. The topological polar surface area (TPSA) is 54.0 Å². The van der Waals surface area contributed by atoms with Gasteiger partial charge in [0, 0.05) is 9.26 Å². The number of carbonyl (C=O) groups is 1. The van der Waals surface area contributed by atoms with Crippen LogP contribution in [0.15, 0.2) is 42.5 Å². The van der Waals surface area contributed by atoms with Crippen molar-refractivity contribution in [1.82, 2.24) is 10.3 Å². The van der Waals surface area contributed by atoms with Crippen LogP contribution in [-0.4, -0.2) is 11.0 Å². The molecule has 0 atom stereocenters. The standard InChI is InChI=1S/C14H14IN3O/c1-10-5-4-6-11(17-10)9-16-14(19)18-13-8-3-2-7-12(13)15/h2-8H,9H2,1H3,(H2,16,18,19). The maximum Gasteiger partial charge on any atom is 0.319 e. The van der Waals surface area contributed by atoms with Crippen molar-refractivity contribution >= 4 is 34.3 Å². The van der Waals surface area contributed by atoms with E-state index >= 15 is 0 Å². The molecule has 0 saturated carbocycles. The number of hydrogen-bond acceptors (Lipinski definition) is 2. The molecule has 98 valence electrons. The van der Waals surface area contributed by atoms with Crippen LogP contribution in [0.25, 0.3) is 0 Å². The molecule has 1 aromatic heterocycles. The maximum atomic E-state index is 11.8. The van der Waals surface area contributed by atoms with Crippen molar-refractivity contribution in [2.45, 2.75) is 13.5 Å². The number of halogens is 1. The summed E-state index contributed by atoms with van der Waals surface area (Å²) in [5.74, 6) is 0. The smallest absolute Gasteiger partial charge is 0.319 e. The van der Waals surface area contributed by atoms with E-state index in [1.54, 1.807) is 0 Å². The lowest BCUT2D eigenvalue weighted by molar-refractivity contribution is 0.251. The number of rotatable bonds is 3. The highest BCUT2D eigenvalue weighted by molar-refractivity contribution is 14.1. The van der Waals surface area contributed by atoms with Gasteiger partial charge in [-0.3, -0.25) is 4.98 Å². The molecular formula is C14H14IN3O. The van der Waals surface area contributed by atoms with E-state index in [1.807, 2.05) is 49.4 Å². The first-order chi connectivity index (χ1) is 9.15. The molecule has 19 heavy (non-hydrogen) atoms. The average molecular weight is 367 g/mol. The highest BCUT2D eigenvalue weighted by Crippen LogP contribution is 2.16. The molecule has 0 aliphatic carbocycles. The van der Waals surface area contributed by atoms with Crippen LogP contribution < -0.4 is 10.6 Å². The van der Waals surface area contributed by atoms with Crippen LogP contribution in [0.4, 0.5) is 10.5 Å². The molecule has 0 fully saturated rings. The summed E-state index contributed by atoms with van der Waals surface area (Å²) in [7, 11) is 0. The van der Waals surface area contributed by atoms with Gasteiger partial charge in [-0.2, -0.15) is 0 Å². The highest BCUT2D eigenvalue weighted by atomic mass is 127. The predicted molar refractivity (Wildman–Crippen MR) is 84.0 cm³/mol. The van der Waals surface area contributed by atoms with Crippen LogP contribution in [0.2, 0.25) is 0 Å². The molecule has 0 aliphatic heterocycles. The van der Waals surface area contributed by atoms with E-state index in [2.05, 4.69) is 38.2 Å². The van der Waals surface area contributed by atoms with Crippen LogP contribution >= 0.6 is 22.6 Å². The van der Waals surface area contributed by atoms with Gasteiger partial charge in [-0.05, 0) is 53.8 Å². The Bertz CT molecular complexity index is 586. The molecule has 0 unspecified atom stereocenters. The molecule has 0 saturated heterocycles. The molecule has 0 bridgehead atoms. The zero-order chi connectivity index (χ0) is 13.7. The van der Waals surface area contributed by atoms with E-state index in [0.717, 1.165) is 20.6 Å². The molecule has 2 aromatic rings. The van der Waals surface area contributed by atoms with Crippen LogP contribution in [-0.2, 0) is 6.54 Å². The minimum atomic E-state index is -0.229. The molecule has 0 aliphatic rings. The minimum absolute atomic E-state index is 0.229. The molecule has 2 rings (SSSR count). The summed E-state index contributed by atoms with van der Waals surface area (Å²) in [6, 6.07) is 13.1. The fourth-order valence-electron chi connectivity index (χ4n) is 1.60. The molecule has 0 spiro atoms. The van der Waals surface area contributed by atoms with Gasteiger partial charge in [0.2, 0.25) is 0 Å². The van der Waals surface area contributed by atoms with Gasteiger partial charge >= 0.3 is 6.03 Å². The minimum Gasteiger partial charge on any atom is -0.332 e. The summed E-state index contributed by atoms with van der Waals surface area (Å²) >= 11 is 2.18. The number of aromatic nitrogens is 1. The SMILES string of the molecule is Cc1cccc(CNC(=O)Nc2ccccc2I)n1. The Morgan fingerprint density at radius 3 is 2.74 bits per heavy atom. The first-order valence-corrected chi connectivity index (χ1v) is 6.95. The monoisotopic (exact) mass is 367 g/mol. The second-order valence-electron chi connectivity index (χ2n) is 4.06. The van der Waals surface area contributed by atoms with Crippen LogP contribution in [0.1, 0.15) is 11.4 Å². The van der Waals surface area contributed by atoms with E-state index in [4.69, 9.17) is 0 Å². The second kappa shape index (κ2) is 6.51. The number of anilines is 1. The molecule has 2 N–H and O–H groups in total. The average Bonchev–Trinajstić information content (AvgIpc) is 2.39. The number of carbonyl (C=O) groups excluding carboxylic acids is 1. The molecule has 0 radical (unpaired) electrons. The van der Waals surface area contributed by atoms with Gasteiger partial charge in [-0.1, -0.05) is 18.2 Å². The van der Waals surface area contributed by atoms with Gasteiger partial charge in [0.25, 0.3) is 0 Å². The number of nitrogens with zero attached hydrogens (tertiary/aromatic N) is 1. The lowest BCUT2D eigenvalue weighted by Gasteiger charge is -2.09. The second-order valence-corrected chi connectivity index (χ2v) is 5.22. The van der Waals surface area contributed by atoms with Gasteiger partial charge in [0.15, 0.2) is 0 Å². The fourth-order valence-corrected chi connectivity index (χ4v) is 2.12. The zero-order valence-corrected chi connectivity index (χ0v) is 12.6. The van der Waals surface area contributed by atoms with Gasteiger partial charge in [-0.15, -0.1) is 0 Å². The van der Waals surface area contributed by atoms with Crippen LogP contribution in [0.5, 0.6) is 0 Å². The molecule has 5 heteroatoms. The maximum absolute atomic E-state index is 11.8. The molecule has 4 nitrogen and oxygen atoms in total. The van der Waals surface area contributed by atoms with E-state index in [1.165, 1.54) is 0 Å². The lowest BCUT2D eigenvalue weighted by atomic mass is 10.3. The Morgan fingerprint density at radius 1 is 1.21 bits per heavy atom. The van der Waals surface area contributed by atoms with Crippen molar-refractivity contribution in [2.75, 3.05) is 5.32 Å². The van der Waals surface area contributed by atoms with Gasteiger partial charge in [0.1, 0.15) is 0 Å². The van der Waals surface area contributed by atoms with Crippen molar-refractivity contribution in [3.05, 3.63) is 57.4 Å². The van der Waals surface area contributed by atoms with Gasteiger partial charge in [0.05, 0.1) is 17.9 Å². The van der Waals surface area contributed by atoms with E-state index in [9.17, 15) is 4.79 Å². The lowest BCUT2D eigenvalue weighted by Crippen LogP contribution is -2.28. The number of nitrogens with one attached hydrogen (secondary N) is 2. The number of hydrogen-bond donors (Lipinski definition) is 2. The predicted octanol–water partition coefficient (Wildman–Crippen LogP) is 3.32. The Labute approximate surface area is 125 Å². The van der Waals surface area contributed by atoms with E-state index < -0.39 is 0 Å². The number of pyridine rings is 1. The van der Waals surface area contributed by atoms with Crippen molar-refractivity contribution in [3.8, 4) is 0 Å². The third kappa shape index (κ3) is 4.20. The Kier molecular flexibility index (Phi) is 4.73. The highest BCUT2D eigenvalue weighted by Gasteiger charge is 2.04. The van der Waals surface area contributed by atoms with Crippen molar-refractivity contribution in [3.63, 3.8) is 0 Å². The van der Waals surface area contributed by atoms with E-state index in [-0.39, 0.29) is 6.03 Å². The molecule has 2 amide bonds. The number of urea groups is 1. The summed E-state index contributed by atoms with van der Waals surface area (Å²) in [4.78, 5) is 16.1. The third-order valence-electron chi connectivity index (χ3n) is 2.50. The van der Waals surface area contributed by atoms with Gasteiger partial charge in [-0.25, -0.2) is 4.79 Å². The molecule has 1 aromatic carbocycles. The summed E-state index contributed by atoms with van der Waals surface area (Å²) in [6.07, 6.45) is 0. The van der Waals surface area contributed by atoms with Gasteiger partial charge < -0.3 is 10.6 Å². The number of para-hydroxylation sites is 1. The number of aryl methyl sites for hydroxylation is 1. The first-order valence-electron chi connectivity index (χ1n) is 5.87. The van der Waals surface area contributed by atoms with E-state index in [0.29, 0.717) is 6.54 Å². The summed E-state index contributed by atoms with van der Waals surface area (Å²) in [5, 5.41) is 5.60. The van der Waals surface area contributed by atoms with Crippen molar-refractivity contribution in [2.24, 2.45) is 0 Å². The Hall–Kier alpha value is -1.63. The first kappa shape index (κ1) is 13.8. The molecular weight excluding hydrogens is 353 g/mol. The largest absolute Gasteiger partial charge is 0.332 e. The van der Waals surface area contributed by atoms with Crippen molar-refractivity contribution < 1.29 is 4.79 Å². The summed E-state index contributed by atoms with van der Waals surface area (Å²) in [5.41, 5.74) is 2.59. The van der Waals surface area contributed by atoms with Crippen molar-refractivity contribution in [1.29, 1.82) is 0 Å². The van der Waals surface area contributed by atoms with Crippen LogP contribution in [0.3, 0.4) is 0 Å². The fraction of sp³-hybridized carbons (Fsp3) is 0.143. The zero-order valence-electron chi connectivity index (χ0n) is 10.5. The molecule has 1 heterocycles. The quantitative estimate of drug-likeness (QED) is 0.818. The summed E-state index contributed by atoms with van der Waals surface area (Å²) < 4.78 is 1.00. The number of amides is 2. The Morgan fingerprint density at radius 2 is 2.00 bits per heavy atom. The normalized spacial score (nSPS) is 10.0.